The number of nitrogens with one attached hydrogen (secondary N) is 2. The number of anilines is 5. The number of fused-ring (bicyclic) bond motifs is 9. The fourth-order valence-electron chi connectivity index (χ4n) is 9.01. The lowest BCUT2D eigenvalue weighted by molar-refractivity contribution is -0.138. The van der Waals surface area contributed by atoms with E-state index in [9.17, 15) is 40.7 Å². The first-order chi connectivity index (χ1) is 35.0. The van der Waals surface area contributed by atoms with Crippen molar-refractivity contribution < 1.29 is 31.1 Å². The number of nitrogens with zero attached hydrogens (tertiary/aromatic N) is 10. The molecule has 2 aromatic carbocycles. The van der Waals surface area contributed by atoms with Crippen LogP contribution in [0.3, 0.4) is 0 Å². The molecular formula is C50H42Cl2F6N12O3S2. The Balaban J connectivity index is 0.000000154. The van der Waals surface area contributed by atoms with Crippen molar-refractivity contribution in [1.29, 1.82) is 0 Å². The summed E-state index contributed by atoms with van der Waals surface area (Å²) in [7, 11) is 0. The molecular weight excluding hydrogens is 1070 g/mol. The zero-order valence-corrected chi connectivity index (χ0v) is 42.3. The molecule has 0 radical (unpaired) electrons. The predicted octanol–water partition coefficient (Wildman–Crippen LogP) is 10.3. The summed E-state index contributed by atoms with van der Waals surface area (Å²) in [5, 5.41) is 6.69. The number of halogens is 8. The molecule has 4 aliphatic heterocycles. The van der Waals surface area contributed by atoms with Gasteiger partial charge in [0.1, 0.15) is 17.3 Å². The second-order valence-corrected chi connectivity index (χ2v) is 17.9. The molecule has 6 aromatic heterocycles. The van der Waals surface area contributed by atoms with Crippen molar-refractivity contribution in [2.75, 3.05) is 51.5 Å². The van der Waals surface area contributed by atoms with Crippen molar-refractivity contribution in [3.63, 3.8) is 0 Å². The first kappa shape index (κ1) is 53.9. The van der Waals surface area contributed by atoms with E-state index in [2.05, 4.69) is 45.4 Å². The minimum atomic E-state index is -4.49. The molecule has 10 heterocycles. The summed E-state index contributed by atoms with van der Waals surface area (Å²) in [6, 6.07) is 28.4. The molecule has 15 nitrogen and oxygen atoms in total. The first-order valence-electron chi connectivity index (χ1n) is 22.6. The highest BCUT2D eigenvalue weighted by Gasteiger charge is 2.41. The van der Waals surface area contributed by atoms with Gasteiger partial charge in [0.05, 0.1) is 50.0 Å². The number of amides is 2. The summed E-state index contributed by atoms with van der Waals surface area (Å²) >= 11 is 12.8. The van der Waals surface area contributed by atoms with Crippen molar-refractivity contribution in [2.24, 2.45) is 0 Å². The molecule has 0 unspecified atom stereocenters. The number of carbonyl (C=O) groups is 1. The zero-order chi connectivity index (χ0) is 51.2. The maximum Gasteiger partial charge on any atom is 0.416 e. The Morgan fingerprint density at radius 3 is 1.92 bits per heavy atom. The number of hydrogen-bond donors (Lipinski definition) is 2. The van der Waals surface area contributed by atoms with Crippen LogP contribution in [0.2, 0.25) is 10.0 Å². The number of benzene rings is 2. The van der Waals surface area contributed by atoms with Crippen molar-refractivity contribution in [3.8, 4) is 28.3 Å². The normalized spacial score (nSPS) is 15.9. The second kappa shape index (κ2) is 21.9. The minimum absolute atomic E-state index is 0. The van der Waals surface area contributed by atoms with E-state index in [0.29, 0.717) is 57.7 Å². The van der Waals surface area contributed by atoms with Crippen LogP contribution >= 0.6 is 50.2 Å². The molecule has 2 fully saturated rings. The summed E-state index contributed by atoms with van der Waals surface area (Å²) in [6.45, 7) is 3.20. The number of aromatic nitrogens is 7. The third kappa shape index (κ3) is 11.2. The van der Waals surface area contributed by atoms with Gasteiger partial charge in [0.25, 0.3) is 0 Å². The summed E-state index contributed by atoms with van der Waals surface area (Å²) < 4.78 is 80.6. The Morgan fingerprint density at radius 1 is 0.667 bits per heavy atom. The number of hydrogen-bond acceptors (Lipinski definition) is 11. The van der Waals surface area contributed by atoms with E-state index >= 15 is 0 Å². The van der Waals surface area contributed by atoms with Crippen LogP contribution in [0.4, 0.5) is 60.0 Å². The molecule has 25 heteroatoms. The van der Waals surface area contributed by atoms with Gasteiger partial charge in [-0.05, 0) is 85.6 Å². The Hall–Kier alpha value is -7.34. The maximum atomic E-state index is 13.2. The third-order valence-corrected chi connectivity index (χ3v) is 13.0. The van der Waals surface area contributed by atoms with E-state index in [1.807, 2.05) is 0 Å². The van der Waals surface area contributed by atoms with Crippen LogP contribution in [-0.4, -0.2) is 78.2 Å². The number of carbonyl (C=O) groups excluding carboxylic acids is 1. The second-order valence-electron chi connectivity index (χ2n) is 17.1. The highest BCUT2D eigenvalue weighted by molar-refractivity contribution is 7.59. The fourth-order valence-corrected chi connectivity index (χ4v) is 9.52. The summed E-state index contributed by atoms with van der Waals surface area (Å²) in [5.41, 5.74) is 0.444. The van der Waals surface area contributed by atoms with E-state index in [4.69, 9.17) is 23.2 Å². The van der Waals surface area contributed by atoms with Gasteiger partial charge < -0.3 is 15.1 Å². The van der Waals surface area contributed by atoms with Crippen molar-refractivity contribution in [2.45, 2.75) is 37.3 Å². The first-order valence-corrected chi connectivity index (χ1v) is 23.3. The highest BCUT2D eigenvalue weighted by Crippen LogP contribution is 2.45. The molecule has 4 bridgehead atoms. The molecule has 0 saturated carbocycles. The molecule has 0 aliphatic carbocycles. The minimum Gasteiger partial charge on any atom is -0.366 e. The van der Waals surface area contributed by atoms with Gasteiger partial charge in [-0.3, -0.25) is 14.6 Å². The Kier molecular flexibility index (Phi) is 15.7. The monoisotopic (exact) mass is 1110 g/mol. The molecule has 388 valence electrons. The standard InChI is InChI=1S/C22H17ClF3N5O.C16H13ClF3N3.C12H8N4O2.2H2S/c23-16-11-17-20(29-19(16)13-4-3-5-14(10-13)22(24,25)26)31(15-7-9-30(17)12-15)21(32)28-18-6-1-2-8-27-18;17-12-7-13-15(21-11-4-5-23(13)8-11)22-14(12)9-2-1-3-10(6-9)16(18,19)20;17-11-14-10-6-2-4-8-15(10)12(18)16(11)9-5-1-3-7-13-9;;/h1-6,8,10-11,15H,7,9,12H2,(H,27,28,32);1-3,6-7,11H,4-5,8H2,(H,21,22);1-8H;2*1H2/t15-;11-;;;/m00.../s1. The Bertz CT molecular complexity index is 3530. The SMILES string of the molecule is FC(F)(F)c1cccc(-c2nc3c(cc2Cl)N2CC[C@@H](C2)N3)c1.O=C(Nc1ccccn1)N1c2nc(-c3cccc(C(F)(F)F)c3)c(Cl)cc2N2CC[C@H]1C2.O=c1nc2ccccn2c(=O)n1-c1ccccn1.S.S. The molecule has 2 atom stereocenters. The van der Waals surface area contributed by atoms with Crippen LogP contribution < -0.4 is 36.7 Å². The lowest BCUT2D eigenvalue weighted by Crippen LogP contribution is -2.48. The van der Waals surface area contributed by atoms with Gasteiger partial charge in [0.2, 0.25) is 0 Å². The summed E-state index contributed by atoms with van der Waals surface area (Å²) in [4.78, 5) is 64.1. The van der Waals surface area contributed by atoms with Gasteiger partial charge in [-0.25, -0.2) is 34.3 Å². The van der Waals surface area contributed by atoms with E-state index in [1.54, 1.807) is 90.1 Å². The maximum absolute atomic E-state index is 13.2. The topological polar surface area (TPSA) is 159 Å². The smallest absolute Gasteiger partial charge is 0.366 e. The third-order valence-electron chi connectivity index (χ3n) is 12.4. The number of pyridine rings is 5. The van der Waals surface area contributed by atoms with Gasteiger partial charge in [0.15, 0.2) is 11.6 Å². The highest BCUT2D eigenvalue weighted by atomic mass is 35.5. The lowest BCUT2D eigenvalue weighted by atomic mass is 10.1. The quantitative estimate of drug-likeness (QED) is 0.162. The summed E-state index contributed by atoms with van der Waals surface area (Å²) in [6.07, 6.45) is -2.48. The summed E-state index contributed by atoms with van der Waals surface area (Å²) in [5.74, 6) is 1.71. The van der Waals surface area contributed by atoms with Crippen LogP contribution in [0.1, 0.15) is 24.0 Å². The van der Waals surface area contributed by atoms with Crippen LogP contribution in [0.15, 0.2) is 143 Å². The molecule has 2 saturated heterocycles. The van der Waals surface area contributed by atoms with Crippen LogP contribution in [0.25, 0.3) is 34.0 Å². The van der Waals surface area contributed by atoms with Crippen LogP contribution in [0, 0.1) is 0 Å². The van der Waals surface area contributed by atoms with E-state index in [0.717, 1.165) is 67.0 Å². The number of urea groups is 1. The molecule has 2 amide bonds. The van der Waals surface area contributed by atoms with Crippen LogP contribution in [0.5, 0.6) is 0 Å². The van der Waals surface area contributed by atoms with Gasteiger partial charge in [-0.15, -0.1) is 0 Å². The molecule has 75 heavy (non-hydrogen) atoms. The van der Waals surface area contributed by atoms with Crippen molar-refractivity contribution in [3.05, 3.63) is 176 Å². The fraction of sp³-hybridized carbons (Fsp3) is 0.200. The zero-order valence-electron chi connectivity index (χ0n) is 38.8. The predicted molar refractivity (Wildman–Crippen MR) is 286 cm³/mol. The molecule has 4 aliphatic rings. The molecule has 8 aromatic rings. The Labute approximate surface area is 446 Å². The van der Waals surface area contributed by atoms with Gasteiger partial charge in [-0.2, -0.15) is 62.9 Å². The van der Waals surface area contributed by atoms with E-state index in [1.165, 1.54) is 28.8 Å². The van der Waals surface area contributed by atoms with Crippen LogP contribution in [-0.2, 0) is 12.4 Å². The lowest BCUT2D eigenvalue weighted by Gasteiger charge is -2.36. The largest absolute Gasteiger partial charge is 0.416 e. The van der Waals surface area contributed by atoms with Crippen molar-refractivity contribution >= 4 is 90.7 Å². The van der Waals surface area contributed by atoms with Crippen molar-refractivity contribution in [1.82, 2.24) is 33.9 Å². The average molecular weight is 1110 g/mol. The average Bonchev–Trinajstić information content (AvgIpc) is 3.99. The molecule has 12 rings (SSSR count). The van der Waals surface area contributed by atoms with E-state index < -0.39 is 40.9 Å². The van der Waals surface area contributed by atoms with Gasteiger partial charge >= 0.3 is 29.8 Å². The van der Waals surface area contributed by atoms with E-state index in [-0.39, 0.29) is 55.1 Å². The molecule has 0 spiro atoms. The molecule has 2 N–H and O–H groups in total. The number of alkyl halides is 6. The Morgan fingerprint density at radius 2 is 1.28 bits per heavy atom. The number of rotatable bonds is 4. The van der Waals surface area contributed by atoms with Gasteiger partial charge in [0, 0.05) is 61.9 Å². The van der Waals surface area contributed by atoms with Gasteiger partial charge in [-0.1, -0.05) is 65.7 Å².